The molecule has 5 rings (SSSR count). The molecular formula is C20H18N4O3S. The van der Waals surface area contributed by atoms with Crippen LogP contribution in [0.5, 0.6) is 11.5 Å². The summed E-state index contributed by atoms with van der Waals surface area (Å²) in [5, 5.41) is 19.7. The second-order valence-electron chi connectivity index (χ2n) is 6.92. The van der Waals surface area contributed by atoms with Crippen LogP contribution >= 0.6 is 11.3 Å². The highest BCUT2D eigenvalue weighted by Gasteiger charge is 2.39. The van der Waals surface area contributed by atoms with Crippen molar-refractivity contribution in [3.8, 4) is 11.5 Å². The van der Waals surface area contributed by atoms with Crippen molar-refractivity contribution in [2.45, 2.75) is 24.8 Å². The van der Waals surface area contributed by atoms with E-state index < -0.39 is 6.04 Å². The lowest BCUT2D eigenvalue weighted by atomic mass is 9.80. The van der Waals surface area contributed by atoms with E-state index in [1.54, 1.807) is 34.2 Å². The highest BCUT2D eigenvalue weighted by atomic mass is 32.1. The van der Waals surface area contributed by atoms with E-state index in [-0.39, 0.29) is 17.5 Å². The fraction of sp³-hybridized carbons (Fsp3) is 0.250. The summed E-state index contributed by atoms with van der Waals surface area (Å²) in [5.74, 6) is 1.30. The summed E-state index contributed by atoms with van der Waals surface area (Å²) in [5.41, 5.74) is 2.42. The van der Waals surface area contributed by atoms with Crippen molar-refractivity contribution in [1.82, 2.24) is 14.8 Å². The van der Waals surface area contributed by atoms with E-state index in [9.17, 15) is 9.90 Å². The fourth-order valence-electron chi connectivity index (χ4n) is 4.05. The van der Waals surface area contributed by atoms with Crippen molar-refractivity contribution in [2.75, 3.05) is 12.4 Å². The Labute approximate surface area is 165 Å². The van der Waals surface area contributed by atoms with Gasteiger partial charge in [0.1, 0.15) is 12.4 Å². The van der Waals surface area contributed by atoms with Crippen molar-refractivity contribution in [1.29, 1.82) is 0 Å². The Kier molecular flexibility index (Phi) is 3.94. The molecule has 3 heterocycles. The minimum absolute atomic E-state index is 0.0564. The summed E-state index contributed by atoms with van der Waals surface area (Å²) in [6, 6.07) is 8.82. The molecular weight excluding hydrogens is 376 g/mol. The molecule has 3 aromatic rings. The molecule has 0 amide bonds. The molecule has 0 radical (unpaired) electrons. The number of aromatic nitrogens is 3. The van der Waals surface area contributed by atoms with Crippen molar-refractivity contribution in [2.24, 2.45) is 0 Å². The number of ketones is 1. The number of ether oxygens (including phenoxy) is 1. The number of phenols is 1. The van der Waals surface area contributed by atoms with Gasteiger partial charge in [-0.1, -0.05) is 12.1 Å². The third kappa shape index (κ3) is 2.60. The van der Waals surface area contributed by atoms with E-state index in [0.717, 1.165) is 17.7 Å². The molecule has 142 valence electrons. The molecule has 2 atom stereocenters. The van der Waals surface area contributed by atoms with Crippen LogP contribution in [0.15, 0.2) is 53.3 Å². The van der Waals surface area contributed by atoms with E-state index in [1.807, 2.05) is 11.4 Å². The fourth-order valence-corrected chi connectivity index (χ4v) is 4.88. The zero-order chi connectivity index (χ0) is 19.3. The molecule has 1 aromatic carbocycles. The van der Waals surface area contributed by atoms with Crippen LogP contribution in [0.2, 0.25) is 0 Å². The van der Waals surface area contributed by atoms with E-state index >= 15 is 0 Å². The summed E-state index contributed by atoms with van der Waals surface area (Å²) in [6.07, 6.45) is 2.70. The topological polar surface area (TPSA) is 89.3 Å². The molecule has 7 nitrogen and oxygen atoms in total. The van der Waals surface area contributed by atoms with Gasteiger partial charge in [-0.3, -0.25) is 4.79 Å². The molecule has 8 heteroatoms. The highest BCUT2D eigenvalue weighted by Crippen LogP contribution is 2.45. The number of carbonyl (C=O) groups excluding carboxylic acids is 1. The van der Waals surface area contributed by atoms with Crippen LogP contribution in [0.3, 0.4) is 0 Å². The predicted molar refractivity (Wildman–Crippen MR) is 105 cm³/mol. The average Bonchev–Trinajstić information content (AvgIpc) is 3.38. The maximum Gasteiger partial charge on any atom is 0.226 e. The lowest BCUT2D eigenvalue weighted by Gasteiger charge is -2.34. The molecule has 0 saturated carbocycles. The number of hydrogen-bond donors (Lipinski definition) is 2. The summed E-state index contributed by atoms with van der Waals surface area (Å²) >= 11 is 1.68. The zero-order valence-corrected chi connectivity index (χ0v) is 15.9. The van der Waals surface area contributed by atoms with Crippen LogP contribution in [-0.2, 0) is 4.79 Å². The van der Waals surface area contributed by atoms with Gasteiger partial charge >= 0.3 is 0 Å². The molecule has 0 bridgehead atoms. The van der Waals surface area contributed by atoms with E-state index in [4.69, 9.17) is 4.74 Å². The largest absolute Gasteiger partial charge is 0.504 e. The van der Waals surface area contributed by atoms with Gasteiger partial charge < -0.3 is 15.2 Å². The Balaban J connectivity index is 1.63. The summed E-state index contributed by atoms with van der Waals surface area (Å²) < 4.78 is 6.98. The Morgan fingerprint density at radius 1 is 1.32 bits per heavy atom. The quantitative estimate of drug-likeness (QED) is 0.707. The Bertz CT molecular complexity index is 1090. The molecule has 1 aliphatic carbocycles. The van der Waals surface area contributed by atoms with Crippen LogP contribution in [0.25, 0.3) is 0 Å². The first-order valence-corrected chi connectivity index (χ1v) is 9.86. The van der Waals surface area contributed by atoms with Gasteiger partial charge in [0.25, 0.3) is 0 Å². The van der Waals surface area contributed by atoms with E-state index in [0.29, 0.717) is 23.7 Å². The Morgan fingerprint density at radius 3 is 3.00 bits per heavy atom. The third-order valence-corrected chi connectivity index (χ3v) is 6.36. The van der Waals surface area contributed by atoms with Gasteiger partial charge in [0.2, 0.25) is 5.95 Å². The van der Waals surface area contributed by atoms with Crippen LogP contribution in [0, 0.1) is 0 Å². The van der Waals surface area contributed by atoms with Gasteiger partial charge in [-0.25, -0.2) is 4.68 Å². The normalized spacial score (nSPS) is 21.1. The molecule has 2 aliphatic rings. The Hall–Kier alpha value is -3.13. The minimum atomic E-state index is -0.403. The van der Waals surface area contributed by atoms with Gasteiger partial charge in [0.15, 0.2) is 17.3 Å². The van der Waals surface area contributed by atoms with E-state index in [1.165, 1.54) is 18.3 Å². The van der Waals surface area contributed by atoms with Crippen LogP contribution in [-0.4, -0.2) is 32.8 Å². The SMILES string of the molecule is COc1cc([C@@H]2C3=C(C[C@H](c4cccs4)CC3=O)Nc3ncnn32)ccc1O. The van der Waals surface area contributed by atoms with Crippen LogP contribution < -0.4 is 10.1 Å². The molecule has 0 unspecified atom stereocenters. The third-order valence-electron chi connectivity index (χ3n) is 5.33. The standard InChI is InChI=1S/C20H18N4O3S/c1-27-16-9-11(4-5-14(16)25)19-18-13(23-20-21-10-22-24(19)20)7-12(8-15(18)26)17-3-2-6-28-17/h2-6,9-10,12,19,25H,7-8H2,1H3,(H,21,22,23)/t12-,19+/m0/s1. The molecule has 28 heavy (non-hydrogen) atoms. The molecule has 1 aliphatic heterocycles. The number of nitrogens with zero attached hydrogens (tertiary/aromatic N) is 3. The number of rotatable bonds is 3. The molecule has 0 saturated heterocycles. The zero-order valence-electron chi connectivity index (χ0n) is 15.1. The van der Waals surface area contributed by atoms with Gasteiger partial charge in [0.05, 0.1) is 7.11 Å². The number of nitrogens with one attached hydrogen (secondary N) is 1. The number of thiophene rings is 1. The number of hydrogen-bond acceptors (Lipinski definition) is 7. The number of anilines is 1. The molecule has 0 fully saturated rings. The lowest BCUT2D eigenvalue weighted by Crippen LogP contribution is -2.33. The Morgan fingerprint density at radius 2 is 2.21 bits per heavy atom. The number of phenolic OH excluding ortho intramolecular Hbond substituents is 1. The van der Waals surface area contributed by atoms with Crippen LogP contribution in [0.1, 0.15) is 35.2 Å². The highest BCUT2D eigenvalue weighted by molar-refractivity contribution is 7.10. The minimum Gasteiger partial charge on any atom is -0.504 e. The number of allylic oxidation sites excluding steroid dienone is 2. The predicted octanol–water partition coefficient (Wildman–Crippen LogP) is 3.47. The van der Waals surface area contributed by atoms with Crippen molar-refractivity contribution >= 4 is 23.1 Å². The van der Waals surface area contributed by atoms with Gasteiger partial charge in [-0.15, -0.1) is 11.3 Å². The maximum absolute atomic E-state index is 13.2. The number of fused-ring (bicyclic) bond motifs is 1. The van der Waals surface area contributed by atoms with Gasteiger partial charge in [-0.2, -0.15) is 10.1 Å². The first-order valence-electron chi connectivity index (χ1n) is 8.98. The van der Waals surface area contributed by atoms with Gasteiger partial charge in [0, 0.05) is 28.5 Å². The first kappa shape index (κ1) is 17.0. The summed E-state index contributed by atoms with van der Waals surface area (Å²) in [7, 11) is 1.50. The maximum atomic E-state index is 13.2. The number of Topliss-reactive ketones (excluding diaryl/α,β-unsaturated/α-hetero) is 1. The second kappa shape index (κ2) is 6.49. The smallest absolute Gasteiger partial charge is 0.226 e. The van der Waals surface area contributed by atoms with Crippen LogP contribution in [0.4, 0.5) is 5.95 Å². The number of methoxy groups -OCH3 is 1. The first-order chi connectivity index (χ1) is 13.7. The molecule has 0 spiro atoms. The van der Waals surface area contributed by atoms with Gasteiger partial charge in [-0.05, 0) is 35.6 Å². The van der Waals surface area contributed by atoms with Crippen molar-refractivity contribution < 1.29 is 14.6 Å². The second-order valence-corrected chi connectivity index (χ2v) is 7.90. The number of carbonyl (C=O) groups is 1. The summed E-state index contributed by atoms with van der Waals surface area (Å²) in [6.45, 7) is 0. The molecule has 2 N–H and O–H groups in total. The van der Waals surface area contributed by atoms with E-state index in [2.05, 4.69) is 21.5 Å². The molecule has 2 aromatic heterocycles. The average molecular weight is 394 g/mol. The lowest BCUT2D eigenvalue weighted by molar-refractivity contribution is -0.116. The number of aromatic hydroxyl groups is 1. The van der Waals surface area contributed by atoms with Crippen molar-refractivity contribution in [3.05, 3.63) is 63.7 Å². The number of benzene rings is 1. The summed E-state index contributed by atoms with van der Waals surface area (Å²) in [4.78, 5) is 18.8. The van der Waals surface area contributed by atoms with Crippen molar-refractivity contribution in [3.63, 3.8) is 0 Å². The monoisotopic (exact) mass is 394 g/mol.